The van der Waals surface area contributed by atoms with Crippen LogP contribution in [0.2, 0.25) is 0 Å². The fourth-order valence-corrected chi connectivity index (χ4v) is 9.63. The molecule has 0 amide bonds. The monoisotopic (exact) mass is 467 g/mol. The third-order valence-corrected chi connectivity index (χ3v) is 11.2. The molecule has 1 heterocycles. The number of hydrogen-bond acceptors (Lipinski definition) is 4. The van der Waals surface area contributed by atoms with Gasteiger partial charge in [-0.15, -0.1) is 5.10 Å². The molecular weight excluding hydrogens is 429 g/mol. The summed E-state index contributed by atoms with van der Waals surface area (Å²) in [5, 5.41) is 9.01. The highest BCUT2D eigenvalue weighted by molar-refractivity contribution is 7.77. The van der Waals surface area contributed by atoms with Crippen LogP contribution in [0.15, 0.2) is 48.5 Å². The molecule has 33 heavy (non-hydrogen) atoms. The SMILES string of the molecule is CCCCP(CCCC)(CCCC)=C(C(=O)c1ccc(OC)cc1)n1nnc2ccccc21. The van der Waals surface area contributed by atoms with Gasteiger partial charge in [0.1, 0.15) is 16.7 Å². The Morgan fingerprint density at radius 3 is 2.00 bits per heavy atom. The zero-order chi connectivity index (χ0) is 23.7. The molecule has 0 radical (unpaired) electrons. The number of nitrogens with zero attached hydrogens (tertiary/aromatic N) is 3. The number of aromatic nitrogens is 3. The average Bonchev–Trinajstić information content (AvgIpc) is 3.28. The van der Waals surface area contributed by atoms with Gasteiger partial charge in [-0.3, -0.25) is 4.79 Å². The number of fused-ring (bicyclic) bond motifs is 1. The van der Waals surface area contributed by atoms with Crippen molar-refractivity contribution in [3.63, 3.8) is 0 Å². The van der Waals surface area contributed by atoms with Crippen LogP contribution in [0.3, 0.4) is 0 Å². The standard InChI is InChI=1S/C27H38N3O2P/c1-5-8-19-33(20-9-6-2,21-10-7-3)27(26(31)22-15-17-23(32-4)18-16-22)30-25-14-12-11-13-24(25)28-29-30/h11-18H,5-10,19-21H2,1-4H3. The summed E-state index contributed by atoms with van der Waals surface area (Å²) in [5.41, 5.74) is 3.33. The van der Waals surface area contributed by atoms with Crippen LogP contribution in [0.4, 0.5) is 0 Å². The Morgan fingerprint density at radius 2 is 1.45 bits per heavy atom. The maximum absolute atomic E-state index is 14.3. The van der Waals surface area contributed by atoms with Crippen molar-refractivity contribution >= 4 is 29.1 Å². The van der Waals surface area contributed by atoms with E-state index in [9.17, 15) is 4.79 Å². The smallest absolute Gasteiger partial charge is 0.211 e. The Hall–Kier alpha value is -2.39. The molecule has 0 fully saturated rings. The molecule has 5 nitrogen and oxygen atoms in total. The van der Waals surface area contributed by atoms with Crippen LogP contribution in [0.1, 0.15) is 69.7 Å². The number of carbonyl (C=O) groups is 1. The third kappa shape index (κ3) is 5.76. The van der Waals surface area contributed by atoms with Gasteiger partial charge in [0.2, 0.25) is 5.78 Å². The van der Waals surface area contributed by atoms with Crippen LogP contribution in [-0.4, -0.2) is 51.8 Å². The molecule has 6 heteroatoms. The van der Waals surface area contributed by atoms with Crippen molar-refractivity contribution in [1.82, 2.24) is 15.0 Å². The van der Waals surface area contributed by atoms with Gasteiger partial charge in [0.15, 0.2) is 0 Å². The Bertz CT molecular complexity index is 1070. The minimum absolute atomic E-state index is 0.0879. The minimum Gasteiger partial charge on any atom is -0.497 e. The molecule has 3 aromatic rings. The van der Waals surface area contributed by atoms with Crippen LogP contribution in [-0.2, 0) is 0 Å². The molecule has 0 aliphatic carbocycles. The van der Waals surface area contributed by atoms with E-state index in [1.165, 1.54) is 0 Å². The average molecular weight is 468 g/mol. The zero-order valence-electron chi connectivity index (χ0n) is 20.6. The van der Waals surface area contributed by atoms with E-state index in [0.29, 0.717) is 5.56 Å². The summed E-state index contributed by atoms with van der Waals surface area (Å²) in [5.74, 6) is 0.841. The van der Waals surface area contributed by atoms with Gasteiger partial charge in [0.25, 0.3) is 0 Å². The maximum Gasteiger partial charge on any atom is 0.211 e. The number of para-hydroxylation sites is 1. The number of ether oxygens (including phenoxy) is 1. The summed E-state index contributed by atoms with van der Waals surface area (Å²) in [6.45, 7) is 4.93. The Kier molecular flexibility index (Phi) is 9.31. The second kappa shape index (κ2) is 12.2. The van der Waals surface area contributed by atoms with E-state index in [0.717, 1.165) is 79.2 Å². The summed E-state index contributed by atoms with van der Waals surface area (Å²) in [4.78, 5) is 14.3. The summed E-state index contributed by atoms with van der Waals surface area (Å²) in [7, 11) is 1.65. The molecule has 0 aliphatic heterocycles. The van der Waals surface area contributed by atoms with Crippen LogP contribution >= 0.6 is 6.89 Å². The Balaban J connectivity index is 2.32. The molecule has 2 aromatic carbocycles. The largest absolute Gasteiger partial charge is 0.497 e. The second-order valence-corrected chi connectivity index (χ2v) is 12.8. The highest BCUT2D eigenvalue weighted by Crippen LogP contribution is 2.52. The quantitative estimate of drug-likeness (QED) is 0.207. The first-order valence-corrected chi connectivity index (χ1v) is 14.7. The lowest BCUT2D eigenvalue weighted by atomic mass is 10.1. The fourth-order valence-electron chi connectivity index (χ4n) is 4.44. The molecule has 178 valence electrons. The van der Waals surface area contributed by atoms with Crippen molar-refractivity contribution in [3.05, 3.63) is 54.1 Å². The van der Waals surface area contributed by atoms with E-state index in [-0.39, 0.29) is 5.78 Å². The molecule has 0 atom stereocenters. The van der Waals surface area contributed by atoms with Gasteiger partial charge < -0.3 is 4.74 Å². The normalized spacial score (nSPS) is 11.6. The summed E-state index contributed by atoms with van der Waals surface area (Å²) >= 11 is 0. The highest BCUT2D eigenvalue weighted by Gasteiger charge is 2.30. The van der Waals surface area contributed by atoms with Gasteiger partial charge in [0, 0.05) is 5.56 Å². The van der Waals surface area contributed by atoms with Crippen molar-refractivity contribution in [2.75, 3.05) is 25.6 Å². The van der Waals surface area contributed by atoms with E-state index < -0.39 is 6.89 Å². The van der Waals surface area contributed by atoms with Crippen LogP contribution in [0.25, 0.3) is 11.0 Å². The number of methoxy groups -OCH3 is 1. The zero-order valence-corrected chi connectivity index (χ0v) is 21.5. The number of benzene rings is 2. The molecule has 0 N–H and O–H groups in total. The van der Waals surface area contributed by atoms with E-state index >= 15 is 0 Å². The molecule has 3 rings (SSSR count). The molecule has 0 spiro atoms. The van der Waals surface area contributed by atoms with E-state index in [1.807, 2.05) is 53.2 Å². The summed E-state index contributed by atoms with van der Waals surface area (Å²) in [6.07, 6.45) is 10.1. The lowest BCUT2D eigenvalue weighted by molar-refractivity contribution is 0.106. The van der Waals surface area contributed by atoms with Gasteiger partial charge in [-0.25, -0.2) is 4.68 Å². The summed E-state index contributed by atoms with van der Waals surface area (Å²) in [6, 6.07) is 15.5. The first kappa shape index (κ1) is 25.2. The fraction of sp³-hybridized carbons (Fsp3) is 0.481. The number of ketones is 1. The van der Waals surface area contributed by atoms with Gasteiger partial charge in [-0.2, -0.15) is 0 Å². The maximum atomic E-state index is 14.3. The van der Waals surface area contributed by atoms with Crippen molar-refractivity contribution in [1.29, 1.82) is 0 Å². The van der Waals surface area contributed by atoms with Gasteiger partial charge >= 0.3 is 0 Å². The van der Waals surface area contributed by atoms with Crippen LogP contribution < -0.4 is 4.74 Å². The predicted octanol–water partition coefficient (Wildman–Crippen LogP) is 6.72. The molecule has 0 bridgehead atoms. The van der Waals surface area contributed by atoms with Crippen molar-refractivity contribution in [2.24, 2.45) is 0 Å². The number of Topliss-reactive ketones (excluding diaryl/α,β-unsaturated/α-hetero) is 1. The lowest BCUT2D eigenvalue weighted by Gasteiger charge is -2.31. The van der Waals surface area contributed by atoms with E-state index in [2.05, 4.69) is 31.1 Å². The molecule has 0 unspecified atom stereocenters. The lowest BCUT2D eigenvalue weighted by Crippen LogP contribution is -2.29. The van der Waals surface area contributed by atoms with Crippen LogP contribution in [0.5, 0.6) is 5.75 Å². The topological polar surface area (TPSA) is 57.0 Å². The molecule has 1 aromatic heterocycles. The number of carbonyl (C=O) groups excluding carboxylic acids is 1. The van der Waals surface area contributed by atoms with E-state index in [4.69, 9.17) is 4.74 Å². The Labute approximate surface area is 198 Å². The first-order valence-electron chi connectivity index (χ1n) is 12.3. The number of rotatable bonds is 13. The first-order chi connectivity index (χ1) is 16.1. The number of hydrogen-bond donors (Lipinski definition) is 0. The third-order valence-electron chi connectivity index (χ3n) is 6.38. The highest BCUT2D eigenvalue weighted by atomic mass is 31.2. The molecule has 0 saturated carbocycles. The molecular formula is C27H38N3O2P. The van der Waals surface area contributed by atoms with E-state index in [1.54, 1.807) is 7.11 Å². The molecule has 0 saturated heterocycles. The van der Waals surface area contributed by atoms with Gasteiger partial charge in [-0.1, -0.05) is 64.3 Å². The van der Waals surface area contributed by atoms with Crippen LogP contribution in [0, 0.1) is 0 Å². The van der Waals surface area contributed by atoms with Crippen molar-refractivity contribution < 1.29 is 9.53 Å². The van der Waals surface area contributed by atoms with Gasteiger partial charge in [0.05, 0.1) is 12.6 Å². The predicted molar refractivity (Wildman–Crippen MR) is 142 cm³/mol. The Morgan fingerprint density at radius 1 is 0.879 bits per heavy atom. The van der Waals surface area contributed by atoms with Crippen molar-refractivity contribution in [3.8, 4) is 5.75 Å². The van der Waals surface area contributed by atoms with Gasteiger partial charge in [-0.05, 0) is 74.1 Å². The molecule has 0 aliphatic rings. The van der Waals surface area contributed by atoms with Crippen molar-refractivity contribution in [2.45, 2.75) is 59.3 Å². The number of unbranched alkanes of at least 4 members (excludes halogenated alkanes) is 3. The second-order valence-electron chi connectivity index (χ2n) is 8.75. The minimum atomic E-state index is -1.79. The summed E-state index contributed by atoms with van der Waals surface area (Å²) < 4.78 is 7.23.